The number of hydrogen-bond acceptors (Lipinski definition) is 4. The van der Waals surface area contributed by atoms with Crippen LogP contribution in [0.15, 0.2) is 59.8 Å². The summed E-state index contributed by atoms with van der Waals surface area (Å²) in [6, 6.07) is 18.3. The topological polar surface area (TPSA) is 59.8 Å². The summed E-state index contributed by atoms with van der Waals surface area (Å²) in [5.41, 5.74) is 3.29. The first-order chi connectivity index (χ1) is 14.1. The molecule has 29 heavy (non-hydrogen) atoms. The quantitative estimate of drug-likeness (QED) is 0.541. The number of carbonyl (C=O) groups is 1. The zero-order chi connectivity index (χ0) is 20.2. The summed E-state index contributed by atoms with van der Waals surface area (Å²) in [6.07, 6.45) is 3.32. The van der Waals surface area contributed by atoms with Gasteiger partial charge >= 0.3 is 0 Å². The van der Waals surface area contributed by atoms with Crippen LogP contribution in [0.5, 0.6) is 0 Å². The highest BCUT2D eigenvalue weighted by atomic mass is 32.2. The van der Waals surface area contributed by atoms with Gasteiger partial charge in [-0.3, -0.25) is 4.79 Å². The maximum absolute atomic E-state index is 12.7. The fraction of sp³-hybridized carbons (Fsp3) is 0.348. The molecule has 0 spiro atoms. The van der Waals surface area contributed by atoms with Crippen LogP contribution < -0.4 is 5.32 Å². The minimum atomic E-state index is -0.272. The molecule has 1 heterocycles. The molecule has 1 amide bonds. The maximum atomic E-state index is 12.7. The van der Waals surface area contributed by atoms with Gasteiger partial charge in [-0.25, -0.2) is 0 Å². The maximum Gasteiger partial charge on any atom is 0.237 e. The molecule has 5 nitrogen and oxygen atoms in total. The van der Waals surface area contributed by atoms with Gasteiger partial charge in [0.15, 0.2) is 5.16 Å². The summed E-state index contributed by atoms with van der Waals surface area (Å²) >= 11 is 1.47. The highest BCUT2D eigenvalue weighted by molar-refractivity contribution is 8.00. The van der Waals surface area contributed by atoms with E-state index < -0.39 is 0 Å². The molecule has 3 aromatic rings. The van der Waals surface area contributed by atoms with Gasteiger partial charge in [0.25, 0.3) is 0 Å². The second-order valence-electron chi connectivity index (χ2n) is 7.49. The van der Waals surface area contributed by atoms with Crippen molar-refractivity contribution in [3.05, 3.63) is 71.5 Å². The molecule has 0 saturated heterocycles. The minimum Gasteiger partial charge on any atom is -0.325 e. The molecule has 1 fully saturated rings. The first-order valence-electron chi connectivity index (χ1n) is 10.2. The monoisotopic (exact) mass is 406 g/mol. The molecular formula is C23H26N4OS. The van der Waals surface area contributed by atoms with E-state index in [1.165, 1.54) is 35.7 Å². The van der Waals surface area contributed by atoms with E-state index in [2.05, 4.69) is 39.1 Å². The van der Waals surface area contributed by atoms with Crippen LogP contribution in [-0.4, -0.2) is 25.9 Å². The van der Waals surface area contributed by atoms with Gasteiger partial charge in [0.2, 0.25) is 5.91 Å². The predicted octanol–water partition coefficient (Wildman–Crippen LogP) is 4.89. The summed E-state index contributed by atoms with van der Waals surface area (Å²) in [7, 11) is 0. The SMILES string of the molecule is CCc1ccc(NC(=O)[C@@H](C)Sc2nnc(C3CC3)n2Cc2ccccc2)cc1. The fourth-order valence-electron chi connectivity index (χ4n) is 3.22. The summed E-state index contributed by atoms with van der Waals surface area (Å²) in [5.74, 6) is 1.52. The van der Waals surface area contributed by atoms with E-state index in [0.29, 0.717) is 5.92 Å². The first kappa shape index (κ1) is 19.7. The summed E-state index contributed by atoms with van der Waals surface area (Å²) in [5, 5.41) is 12.4. The molecule has 0 aliphatic heterocycles. The lowest BCUT2D eigenvalue weighted by atomic mass is 10.1. The molecule has 0 unspecified atom stereocenters. The van der Waals surface area contributed by atoms with Gasteiger partial charge in [0.1, 0.15) is 5.82 Å². The van der Waals surface area contributed by atoms with Crippen LogP contribution in [-0.2, 0) is 17.8 Å². The average molecular weight is 407 g/mol. The van der Waals surface area contributed by atoms with E-state index in [0.717, 1.165) is 29.6 Å². The molecule has 2 aromatic carbocycles. The van der Waals surface area contributed by atoms with Crippen molar-refractivity contribution in [3.8, 4) is 0 Å². The van der Waals surface area contributed by atoms with Gasteiger partial charge in [-0.05, 0) is 49.4 Å². The Hall–Kier alpha value is -2.60. The van der Waals surface area contributed by atoms with Crippen LogP contribution >= 0.6 is 11.8 Å². The molecule has 1 aliphatic rings. The van der Waals surface area contributed by atoms with Gasteiger partial charge in [-0.2, -0.15) is 0 Å². The molecule has 4 rings (SSSR count). The number of nitrogens with zero attached hydrogens (tertiary/aromatic N) is 3. The molecule has 6 heteroatoms. The van der Waals surface area contributed by atoms with Crippen LogP contribution in [0.1, 0.15) is 49.6 Å². The Labute approximate surface area is 175 Å². The molecule has 150 valence electrons. The van der Waals surface area contributed by atoms with E-state index in [1.807, 2.05) is 49.4 Å². The van der Waals surface area contributed by atoms with Crippen LogP contribution in [0.4, 0.5) is 5.69 Å². The second-order valence-corrected chi connectivity index (χ2v) is 8.79. The molecule has 0 radical (unpaired) electrons. The van der Waals surface area contributed by atoms with E-state index >= 15 is 0 Å². The Kier molecular flexibility index (Phi) is 6.00. The Morgan fingerprint density at radius 2 is 1.83 bits per heavy atom. The molecule has 1 N–H and O–H groups in total. The standard InChI is InChI=1S/C23H26N4OS/c1-3-17-9-13-20(14-10-17)24-22(28)16(2)29-23-26-25-21(19-11-12-19)27(23)15-18-7-5-4-6-8-18/h4-10,13-14,16,19H,3,11-12,15H2,1-2H3,(H,24,28)/t16-/m1/s1. The lowest BCUT2D eigenvalue weighted by Crippen LogP contribution is -2.23. The van der Waals surface area contributed by atoms with Crippen molar-refractivity contribution in [2.75, 3.05) is 5.32 Å². The summed E-state index contributed by atoms with van der Waals surface area (Å²) in [4.78, 5) is 12.7. The van der Waals surface area contributed by atoms with E-state index in [1.54, 1.807) is 0 Å². The number of hydrogen-bond donors (Lipinski definition) is 1. The van der Waals surface area contributed by atoms with Gasteiger partial charge < -0.3 is 9.88 Å². The smallest absolute Gasteiger partial charge is 0.237 e. The molecule has 1 aliphatic carbocycles. The van der Waals surface area contributed by atoms with Crippen LogP contribution in [0.3, 0.4) is 0 Å². The lowest BCUT2D eigenvalue weighted by molar-refractivity contribution is -0.115. The van der Waals surface area contributed by atoms with Crippen molar-refractivity contribution < 1.29 is 4.79 Å². The molecule has 0 bridgehead atoms. The third-order valence-corrected chi connectivity index (χ3v) is 6.23. The molecule has 1 saturated carbocycles. The number of anilines is 1. The zero-order valence-electron chi connectivity index (χ0n) is 16.8. The van der Waals surface area contributed by atoms with Crippen molar-refractivity contribution in [2.45, 2.75) is 56.0 Å². The zero-order valence-corrected chi connectivity index (χ0v) is 17.7. The second kappa shape index (κ2) is 8.82. The van der Waals surface area contributed by atoms with Crippen molar-refractivity contribution in [3.63, 3.8) is 0 Å². The van der Waals surface area contributed by atoms with Crippen molar-refractivity contribution in [1.82, 2.24) is 14.8 Å². The lowest BCUT2D eigenvalue weighted by Gasteiger charge is -2.14. The van der Waals surface area contributed by atoms with Gasteiger partial charge in [0.05, 0.1) is 11.8 Å². The molecule has 1 aromatic heterocycles. The fourth-order valence-corrected chi connectivity index (χ4v) is 4.08. The predicted molar refractivity (Wildman–Crippen MR) is 117 cm³/mol. The van der Waals surface area contributed by atoms with Crippen LogP contribution in [0.2, 0.25) is 0 Å². The van der Waals surface area contributed by atoms with Crippen molar-refractivity contribution in [2.24, 2.45) is 0 Å². The van der Waals surface area contributed by atoms with Crippen LogP contribution in [0, 0.1) is 0 Å². The number of aryl methyl sites for hydroxylation is 1. The van der Waals surface area contributed by atoms with E-state index in [-0.39, 0.29) is 11.2 Å². The van der Waals surface area contributed by atoms with Gasteiger partial charge in [-0.15, -0.1) is 10.2 Å². The van der Waals surface area contributed by atoms with Crippen molar-refractivity contribution in [1.29, 1.82) is 0 Å². The minimum absolute atomic E-state index is 0.0264. The number of amides is 1. The number of thioether (sulfide) groups is 1. The number of carbonyl (C=O) groups excluding carboxylic acids is 1. The summed E-state index contributed by atoms with van der Waals surface area (Å²) < 4.78 is 2.18. The Morgan fingerprint density at radius 1 is 1.10 bits per heavy atom. The molecular weight excluding hydrogens is 380 g/mol. The number of aromatic nitrogens is 3. The third-order valence-electron chi connectivity index (χ3n) is 5.15. The number of nitrogens with one attached hydrogen (secondary N) is 1. The Bertz CT molecular complexity index is 964. The van der Waals surface area contributed by atoms with E-state index in [9.17, 15) is 4.79 Å². The van der Waals surface area contributed by atoms with Crippen LogP contribution in [0.25, 0.3) is 0 Å². The largest absolute Gasteiger partial charge is 0.325 e. The summed E-state index contributed by atoms with van der Waals surface area (Å²) in [6.45, 7) is 4.77. The number of rotatable bonds is 8. The van der Waals surface area contributed by atoms with Gasteiger partial charge in [0, 0.05) is 11.6 Å². The van der Waals surface area contributed by atoms with Gasteiger partial charge in [-0.1, -0.05) is 61.2 Å². The highest BCUT2D eigenvalue weighted by Crippen LogP contribution is 2.40. The normalized spacial score (nSPS) is 14.6. The van der Waals surface area contributed by atoms with E-state index in [4.69, 9.17) is 0 Å². The Morgan fingerprint density at radius 3 is 2.48 bits per heavy atom. The van der Waals surface area contributed by atoms with Crippen molar-refractivity contribution >= 4 is 23.4 Å². The number of benzene rings is 2. The third kappa shape index (κ3) is 4.88. The molecule has 1 atom stereocenters. The Balaban J connectivity index is 1.47. The average Bonchev–Trinajstić information content (AvgIpc) is 3.52. The first-order valence-corrected chi connectivity index (χ1v) is 11.1. The highest BCUT2D eigenvalue weighted by Gasteiger charge is 2.31.